The maximum absolute atomic E-state index is 12.9. The van der Waals surface area contributed by atoms with Gasteiger partial charge in [-0.05, 0) is 36.7 Å². The summed E-state index contributed by atoms with van der Waals surface area (Å²) in [6.45, 7) is 10.0. The van der Waals surface area contributed by atoms with Crippen molar-refractivity contribution in [1.29, 1.82) is 0 Å². The predicted octanol–water partition coefficient (Wildman–Crippen LogP) is 3.82. The molecule has 0 heterocycles. The highest BCUT2D eigenvalue weighted by molar-refractivity contribution is 6.50. The Morgan fingerprint density at radius 1 is 1.04 bits per heavy atom. The molecule has 1 fully saturated rings. The number of carbonyl (C=O) groups is 3. The summed E-state index contributed by atoms with van der Waals surface area (Å²) in [6.07, 6.45) is 4.86. The number of rotatable bonds is 1. The quantitative estimate of drug-likeness (QED) is 0.546. The Labute approximate surface area is 138 Å². The van der Waals surface area contributed by atoms with Crippen molar-refractivity contribution in [3.05, 3.63) is 22.8 Å². The highest BCUT2D eigenvalue weighted by Crippen LogP contribution is 2.59. The molecule has 3 nitrogen and oxygen atoms in total. The lowest BCUT2D eigenvalue weighted by molar-refractivity contribution is -0.141. The molecule has 0 amide bonds. The molecule has 0 aromatic carbocycles. The standard InChI is InChI=1S/C20H26O3/c1-11(2)13-10-12-6-7-14-19(3,4)15(21)8-9-20(14,5)16(12)18(23)17(13)22/h10-11,14H,6-9H2,1-5H3/t14-,20+/m1/s1. The van der Waals surface area contributed by atoms with Crippen LogP contribution in [0.25, 0.3) is 0 Å². The Hall–Kier alpha value is -1.51. The molecule has 23 heavy (non-hydrogen) atoms. The van der Waals surface area contributed by atoms with E-state index in [2.05, 4.69) is 6.92 Å². The molecule has 0 aromatic rings. The highest BCUT2D eigenvalue weighted by atomic mass is 16.2. The number of hydrogen-bond acceptors (Lipinski definition) is 3. The zero-order valence-corrected chi connectivity index (χ0v) is 14.8. The second-order valence-corrected chi connectivity index (χ2v) is 8.47. The average Bonchev–Trinajstić information content (AvgIpc) is 2.46. The Morgan fingerprint density at radius 3 is 2.30 bits per heavy atom. The first kappa shape index (κ1) is 16.4. The Bertz CT molecular complexity index is 675. The molecule has 0 N–H and O–H groups in total. The number of hydrogen-bond donors (Lipinski definition) is 0. The zero-order chi connectivity index (χ0) is 17.2. The minimum Gasteiger partial charge on any atom is -0.299 e. The van der Waals surface area contributed by atoms with Crippen LogP contribution in [0.5, 0.6) is 0 Å². The topological polar surface area (TPSA) is 51.2 Å². The molecule has 0 unspecified atom stereocenters. The molecule has 124 valence electrons. The summed E-state index contributed by atoms with van der Waals surface area (Å²) in [5.41, 5.74) is 1.63. The minimum atomic E-state index is -0.420. The lowest BCUT2D eigenvalue weighted by atomic mass is 9.48. The van der Waals surface area contributed by atoms with E-state index in [-0.39, 0.29) is 34.6 Å². The van der Waals surface area contributed by atoms with Gasteiger partial charge in [0.25, 0.3) is 0 Å². The SMILES string of the molecule is CC(C)C1=CC2=C(C(=O)C1=O)[C@@]1(C)CCC(=O)C(C)(C)[C@H]1CC2. The van der Waals surface area contributed by atoms with Gasteiger partial charge in [0.15, 0.2) is 0 Å². The van der Waals surface area contributed by atoms with Crippen molar-refractivity contribution in [3.8, 4) is 0 Å². The number of fused-ring (bicyclic) bond motifs is 2. The minimum absolute atomic E-state index is 0.0652. The third kappa shape index (κ3) is 2.12. The summed E-state index contributed by atoms with van der Waals surface area (Å²) in [7, 11) is 0. The molecule has 0 aliphatic heterocycles. The van der Waals surface area contributed by atoms with Crippen LogP contribution >= 0.6 is 0 Å². The normalized spacial score (nSPS) is 33.6. The van der Waals surface area contributed by atoms with Crippen molar-refractivity contribution >= 4 is 17.3 Å². The van der Waals surface area contributed by atoms with Crippen molar-refractivity contribution in [2.24, 2.45) is 22.7 Å². The van der Waals surface area contributed by atoms with E-state index in [0.29, 0.717) is 24.0 Å². The van der Waals surface area contributed by atoms with Gasteiger partial charge in [-0.1, -0.05) is 40.7 Å². The summed E-state index contributed by atoms with van der Waals surface area (Å²) in [4.78, 5) is 37.8. The fraction of sp³-hybridized carbons (Fsp3) is 0.650. The van der Waals surface area contributed by atoms with Gasteiger partial charge in [-0.25, -0.2) is 0 Å². The first-order valence-electron chi connectivity index (χ1n) is 8.68. The molecule has 1 saturated carbocycles. The van der Waals surface area contributed by atoms with E-state index in [4.69, 9.17) is 0 Å². The number of carbonyl (C=O) groups excluding carboxylic acids is 3. The molecular weight excluding hydrogens is 288 g/mol. The van der Waals surface area contributed by atoms with Crippen molar-refractivity contribution in [1.82, 2.24) is 0 Å². The van der Waals surface area contributed by atoms with E-state index in [0.717, 1.165) is 18.4 Å². The summed E-state index contributed by atoms with van der Waals surface area (Å²) in [5.74, 6) is -0.160. The lowest BCUT2D eigenvalue weighted by Gasteiger charge is -2.54. The van der Waals surface area contributed by atoms with E-state index in [1.165, 1.54) is 0 Å². The summed E-state index contributed by atoms with van der Waals surface area (Å²) in [5, 5.41) is 0. The van der Waals surface area contributed by atoms with Crippen molar-refractivity contribution in [2.75, 3.05) is 0 Å². The molecule has 0 spiro atoms. The lowest BCUT2D eigenvalue weighted by Crippen LogP contribution is -2.52. The molecule has 3 aliphatic carbocycles. The third-order valence-electron chi connectivity index (χ3n) is 6.47. The van der Waals surface area contributed by atoms with Gasteiger partial charge in [0.2, 0.25) is 11.6 Å². The van der Waals surface area contributed by atoms with E-state index in [9.17, 15) is 14.4 Å². The van der Waals surface area contributed by atoms with E-state index in [1.54, 1.807) is 0 Å². The summed E-state index contributed by atoms with van der Waals surface area (Å²) >= 11 is 0. The molecule has 3 aliphatic rings. The second-order valence-electron chi connectivity index (χ2n) is 8.47. The fourth-order valence-corrected chi connectivity index (χ4v) is 5.11. The van der Waals surface area contributed by atoms with E-state index >= 15 is 0 Å². The van der Waals surface area contributed by atoms with Crippen LogP contribution in [0.2, 0.25) is 0 Å². The van der Waals surface area contributed by atoms with Crippen LogP contribution in [0, 0.1) is 22.7 Å². The molecular formula is C20H26O3. The molecule has 0 radical (unpaired) electrons. The molecule has 3 heteroatoms. The van der Waals surface area contributed by atoms with Crippen molar-refractivity contribution < 1.29 is 14.4 Å². The Morgan fingerprint density at radius 2 is 1.70 bits per heavy atom. The van der Waals surface area contributed by atoms with Crippen LogP contribution in [-0.2, 0) is 14.4 Å². The first-order valence-corrected chi connectivity index (χ1v) is 8.68. The van der Waals surface area contributed by atoms with E-state index < -0.39 is 5.41 Å². The zero-order valence-electron chi connectivity index (χ0n) is 14.8. The maximum atomic E-state index is 12.9. The fourth-order valence-electron chi connectivity index (χ4n) is 5.11. The van der Waals surface area contributed by atoms with Gasteiger partial charge >= 0.3 is 0 Å². The first-order chi connectivity index (χ1) is 10.6. The van der Waals surface area contributed by atoms with Crippen molar-refractivity contribution in [3.63, 3.8) is 0 Å². The largest absolute Gasteiger partial charge is 0.299 e. The predicted molar refractivity (Wildman–Crippen MR) is 88.8 cm³/mol. The van der Waals surface area contributed by atoms with Gasteiger partial charge in [0, 0.05) is 28.4 Å². The highest BCUT2D eigenvalue weighted by Gasteiger charge is 2.56. The van der Waals surface area contributed by atoms with Crippen LogP contribution in [-0.4, -0.2) is 17.3 Å². The van der Waals surface area contributed by atoms with Gasteiger partial charge in [-0.2, -0.15) is 0 Å². The molecule has 2 atom stereocenters. The number of allylic oxidation sites excluding steroid dienone is 4. The molecule has 0 aromatic heterocycles. The summed E-state index contributed by atoms with van der Waals surface area (Å²) < 4.78 is 0. The summed E-state index contributed by atoms with van der Waals surface area (Å²) in [6, 6.07) is 0. The van der Waals surface area contributed by atoms with Gasteiger partial charge in [0.05, 0.1) is 0 Å². The van der Waals surface area contributed by atoms with Crippen molar-refractivity contribution in [2.45, 2.75) is 60.3 Å². The van der Waals surface area contributed by atoms with Gasteiger partial charge in [-0.15, -0.1) is 0 Å². The van der Waals surface area contributed by atoms with Crippen LogP contribution < -0.4 is 0 Å². The third-order valence-corrected chi connectivity index (χ3v) is 6.47. The number of Topliss-reactive ketones (excluding diaryl/α,β-unsaturated/α-hetero) is 3. The van der Waals surface area contributed by atoms with Crippen LogP contribution in [0.1, 0.15) is 60.3 Å². The maximum Gasteiger partial charge on any atom is 0.230 e. The molecule has 0 bridgehead atoms. The van der Waals surface area contributed by atoms with Gasteiger partial charge in [-0.3, -0.25) is 14.4 Å². The second kappa shape index (κ2) is 4.99. The molecule has 3 rings (SSSR count). The van der Waals surface area contributed by atoms with Gasteiger partial charge in [0.1, 0.15) is 5.78 Å². The Kier molecular flexibility index (Phi) is 3.55. The Balaban J connectivity index is 2.16. The van der Waals surface area contributed by atoms with E-state index in [1.807, 2.05) is 33.8 Å². The smallest absolute Gasteiger partial charge is 0.230 e. The number of ketones is 3. The van der Waals surface area contributed by atoms with Gasteiger partial charge < -0.3 is 0 Å². The van der Waals surface area contributed by atoms with Crippen LogP contribution in [0.4, 0.5) is 0 Å². The molecule has 0 saturated heterocycles. The monoisotopic (exact) mass is 314 g/mol. The average molecular weight is 314 g/mol. The van der Waals surface area contributed by atoms with Crippen LogP contribution in [0.15, 0.2) is 22.8 Å². The van der Waals surface area contributed by atoms with Crippen LogP contribution in [0.3, 0.4) is 0 Å².